The number of para-hydroxylation sites is 1. The molecular weight excluding hydrogens is 300 g/mol. The van der Waals surface area contributed by atoms with E-state index in [1.165, 1.54) is 12.1 Å². The average molecular weight is 326 g/mol. The Morgan fingerprint density at radius 2 is 1.75 bits per heavy atom. The Balaban J connectivity index is 1.62. The summed E-state index contributed by atoms with van der Waals surface area (Å²) in [6.07, 6.45) is 4.08. The summed E-state index contributed by atoms with van der Waals surface area (Å²) < 4.78 is 0. The van der Waals surface area contributed by atoms with Crippen LogP contribution in [0.5, 0.6) is 0 Å². The lowest BCUT2D eigenvalue weighted by atomic mass is 10.2. The van der Waals surface area contributed by atoms with E-state index in [0.29, 0.717) is 5.95 Å². The van der Waals surface area contributed by atoms with E-state index in [0.717, 1.165) is 45.0 Å². The van der Waals surface area contributed by atoms with Gasteiger partial charge in [-0.3, -0.25) is 0 Å². The fourth-order valence-electron chi connectivity index (χ4n) is 2.93. The number of hydrogen-bond donors (Lipinski definition) is 0. The fraction of sp³-hybridized carbons (Fsp3) is 0.500. The number of nitrogens with zero attached hydrogens (tertiary/aromatic N) is 6. The van der Waals surface area contributed by atoms with E-state index in [1.54, 1.807) is 6.20 Å². The van der Waals surface area contributed by atoms with Crippen molar-refractivity contribution in [2.75, 3.05) is 54.5 Å². The summed E-state index contributed by atoms with van der Waals surface area (Å²) in [7, 11) is 2.03. The van der Waals surface area contributed by atoms with Crippen molar-refractivity contribution in [2.45, 2.75) is 19.8 Å². The van der Waals surface area contributed by atoms with Gasteiger partial charge in [-0.15, -0.1) is 5.10 Å². The summed E-state index contributed by atoms with van der Waals surface area (Å²) >= 11 is 0. The maximum atomic E-state index is 4.71. The lowest BCUT2D eigenvalue weighted by Crippen LogP contribution is -2.47. The quantitative estimate of drug-likeness (QED) is 0.812. The van der Waals surface area contributed by atoms with Crippen LogP contribution in [-0.4, -0.2) is 55.0 Å². The third-order valence-corrected chi connectivity index (χ3v) is 4.45. The van der Waals surface area contributed by atoms with E-state index in [1.807, 2.05) is 7.05 Å². The highest BCUT2D eigenvalue weighted by atomic mass is 15.4. The van der Waals surface area contributed by atoms with E-state index in [4.69, 9.17) is 4.98 Å². The molecule has 1 aromatic carbocycles. The van der Waals surface area contributed by atoms with Crippen LogP contribution in [-0.2, 0) is 0 Å². The van der Waals surface area contributed by atoms with Crippen LogP contribution < -0.4 is 14.7 Å². The molecule has 3 rings (SSSR count). The number of rotatable bonds is 6. The van der Waals surface area contributed by atoms with Crippen molar-refractivity contribution in [3.05, 3.63) is 36.5 Å². The summed E-state index contributed by atoms with van der Waals surface area (Å²) in [5, 5.41) is 8.33. The molecule has 24 heavy (non-hydrogen) atoms. The lowest BCUT2D eigenvalue weighted by molar-refractivity contribution is 0.642. The van der Waals surface area contributed by atoms with E-state index in [-0.39, 0.29) is 0 Å². The van der Waals surface area contributed by atoms with Gasteiger partial charge in [0.15, 0.2) is 5.82 Å². The van der Waals surface area contributed by atoms with E-state index in [2.05, 4.69) is 62.2 Å². The van der Waals surface area contributed by atoms with Crippen LogP contribution in [0.4, 0.5) is 17.5 Å². The molecule has 0 atom stereocenters. The molecule has 2 heterocycles. The third kappa shape index (κ3) is 3.93. The van der Waals surface area contributed by atoms with Crippen molar-refractivity contribution in [2.24, 2.45) is 0 Å². The molecule has 0 aliphatic carbocycles. The summed E-state index contributed by atoms with van der Waals surface area (Å²) in [5.74, 6) is 1.64. The molecule has 2 aromatic rings. The molecule has 0 amide bonds. The molecule has 1 saturated heterocycles. The first-order chi connectivity index (χ1) is 11.8. The normalized spacial score (nSPS) is 14.8. The zero-order valence-corrected chi connectivity index (χ0v) is 14.6. The lowest BCUT2D eigenvalue weighted by Gasteiger charge is -2.36. The third-order valence-electron chi connectivity index (χ3n) is 4.45. The minimum absolute atomic E-state index is 0.714. The highest BCUT2D eigenvalue weighted by Crippen LogP contribution is 2.19. The Kier molecular flexibility index (Phi) is 5.46. The fourth-order valence-corrected chi connectivity index (χ4v) is 2.93. The molecule has 128 valence electrons. The Morgan fingerprint density at radius 1 is 1.04 bits per heavy atom. The number of benzene rings is 1. The van der Waals surface area contributed by atoms with Crippen molar-refractivity contribution >= 4 is 17.5 Å². The van der Waals surface area contributed by atoms with Crippen LogP contribution in [0.3, 0.4) is 0 Å². The van der Waals surface area contributed by atoms with Gasteiger partial charge in [-0.2, -0.15) is 10.1 Å². The van der Waals surface area contributed by atoms with Crippen molar-refractivity contribution < 1.29 is 0 Å². The summed E-state index contributed by atoms with van der Waals surface area (Å²) in [6, 6.07) is 10.6. The van der Waals surface area contributed by atoms with Crippen molar-refractivity contribution in [3.63, 3.8) is 0 Å². The molecule has 0 radical (unpaired) electrons. The molecule has 1 aliphatic rings. The van der Waals surface area contributed by atoms with Crippen LogP contribution in [0.15, 0.2) is 36.5 Å². The molecule has 0 N–H and O–H groups in total. The molecule has 1 aromatic heterocycles. The van der Waals surface area contributed by atoms with Gasteiger partial charge in [0.25, 0.3) is 0 Å². The van der Waals surface area contributed by atoms with Gasteiger partial charge in [-0.25, -0.2) is 0 Å². The first kappa shape index (κ1) is 16.5. The molecule has 0 bridgehead atoms. The molecule has 0 spiro atoms. The molecule has 0 saturated carbocycles. The van der Waals surface area contributed by atoms with Gasteiger partial charge in [0, 0.05) is 45.5 Å². The van der Waals surface area contributed by atoms with Crippen molar-refractivity contribution in [1.82, 2.24) is 15.2 Å². The zero-order chi connectivity index (χ0) is 16.8. The maximum absolute atomic E-state index is 4.71. The second kappa shape index (κ2) is 7.95. The summed E-state index contributed by atoms with van der Waals surface area (Å²) in [6.45, 7) is 7.04. The molecule has 1 aliphatic heterocycles. The van der Waals surface area contributed by atoms with Crippen LogP contribution in [0.1, 0.15) is 19.8 Å². The molecule has 1 fully saturated rings. The van der Waals surface area contributed by atoms with Gasteiger partial charge in [0.05, 0.1) is 6.20 Å². The number of piperazine rings is 1. The van der Waals surface area contributed by atoms with E-state index >= 15 is 0 Å². The first-order valence-corrected chi connectivity index (χ1v) is 8.73. The highest BCUT2D eigenvalue weighted by molar-refractivity contribution is 5.49. The van der Waals surface area contributed by atoms with Crippen LogP contribution in [0, 0.1) is 0 Å². The van der Waals surface area contributed by atoms with Crippen molar-refractivity contribution in [1.29, 1.82) is 0 Å². The minimum atomic E-state index is 0.714. The summed E-state index contributed by atoms with van der Waals surface area (Å²) in [5.41, 5.74) is 1.29. The summed E-state index contributed by atoms with van der Waals surface area (Å²) in [4.78, 5) is 11.5. The second-order valence-electron chi connectivity index (χ2n) is 6.20. The van der Waals surface area contributed by atoms with Gasteiger partial charge < -0.3 is 14.7 Å². The standard InChI is InChI=1S/C18H26N6/c1-3-4-10-22(2)18-20-17(15-19-21-18)24-13-11-23(12-14-24)16-8-6-5-7-9-16/h5-9,15H,3-4,10-14H2,1-2H3. The van der Waals surface area contributed by atoms with E-state index in [9.17, 15) is 0 Å². The Hall–Kier alpha value is -2.37. The maximum Gasteiger partial charge on any atom is 0.247 e. The zero-order valence-electron chi connectivity index (χ0n) is 14.6. The molecule has 6 heteroatoms. The van der Waals surface area contributed by atoms with Gasteiger partial charge >= 0.3 is 0 Å². The highest BCUT2D eigenvalue weighted by Gasteiger charge is 2.19. The number of unbranched alkanes of at least 4 members (excludes halogenated alkanes) is 1. The number of hydrogen-bond acceptors (Lipinski definition) is 6. The average Bonchev–Trinajstić information content (AvgIpc) is 2.67. The van der Waals surface area contributed by atoms with Crippen LogP contribution >= 0.6 is 0 Å². The second-order valence-corrected chi connectivity index (χ2v) is 6.20. The number of aromatic nitrogens is 3. The topological polar surface area (TPSA) is 48.4 Å². The van der Waals surface area contributed by atoms with Gasteiger partial charge in [0.1, 0.15) is 0 Å². The predicted octanol–water partition coefficient (Wildman–Crippen LogP) is 2.43. The Morgan fingerprint density at radius 3 is 2.46 bits per heavy atom. The van der Waals surface area contributed by atoms with Crippen LogP contribution in [0.2, 0.25) is 0 Å². The molecule has 0 unspecified atom stereocenters. The molecular formula is C18H26N6. The number of anilines is 3. The van der Waals surface area contributed by atoms with E-state index < -0.39 is 0 Å². The Labute approximate surface area is 144 Å². The van der Waals surface area contributed by atoms with Crippen molar-refractivity contribution in [3.8, 4) is 0 Å². The van der Waals surface area contributed by atoms with Crippen LogP contribution in [0.25, 0.3) is 0 Å². The van der Waals surface area contributed by atoms with Gasteiger partial charge in [-0.05, 0) is 18.6 Å². The predicted molar refractivity (Wildman–Crippen MR) is 98.9 cm³/mol. The Bertz CT molecular complexity index is 624. The van der Waals surface area contributed by atoms with Gasteiger partial charge in [0.2, 0.25) is 5.95 Å². The minimum Gasteiger partial charge on any atom is -0.368 e. The smallest absolute Gasteiger partial charge is 0.247 e. The monoisotopic (exact) mass is 326 g/mol. The molecule has 6 nitrogen and oxygen atoms in total. The largest absolute Gasteiger partial charge is 0.368 e. The SMILES string of the molecule is CCCCN(C)c1nncc(N2CCN(c3ccccc3)CC2)n1. The van der Waals surface area contributed by atoms with Gasteiger partial charge in [-0.1, -0.05) is 31.5 Å². The first-order valence-electron chi connectivity index (χ1n) is 8.73.